The molecule has 1 rings (SSSR count). The van der Waals surface area contributed by atoms with Gasteiger partial charge in [-0.1, -0.05) is 26.2 Å². The summed E-state index contributed by atoms with van der Waals surface area (Å²) in [6, 6.07) is 7.31. The van der Waals surface area contributed by atoms with Crippen LogP contribution in [0.4, 0.5) is 11.4 Å². The fraction of sp³-hybridized carbons (Fsp3) is 0.562. The van der Waals surface area contributed by atoms with E-state index in [2.05, 4.69) is 16.6 Å². The van der Waals surface area contributed by atoms with Crippen molar-refractivity contribution >= 4 is 27.2 Å². The van der Waals surface area contributed by atoms with Gasteiger partial charge < -0.3 is 4.90 Å². The molecule has 124 valence electrons. The van der Waals surface area contributed by atoms with E-state index in [9.17, 15) is 8.42 Å². The van der Waals surface area contributed by atoms with Crippen LogP contribution in [0.5, 0.6) is 0 Å². The van der Waals surface area contributed by atoms with Gasteiger partial charge >= 0.3 is 0 Å². The number of anilines is 2. The molecule has 0 fully saturated rings. The molecule has 0 saturated heterocycles. The van der Waals surface area contributed by atoms with Crippen LogP contribution in [0, 0.1) is 0 Å². The molecule has 1 aromatic rings. The van der Waals surface area contributed by atoms with Gasteiger partial charge in [-0.15, -0.1) is 0 Å². The van der Waals surface area contributed by atoms with Crippen molar-refractivity contribution in [3.05, 3.63) is 24.3 Å². The van der Waals surface area contributed by atoms with Gasteiger partial charge in [-0.2, -0.15) is 0 Å². The lowest BCUT2D eigenvalue weighted by atomic mass is 10.2. The van der Waals surface area contributed by atoms with Gasteiger partial charge in [0.25, 0.3) is 0 Å². The first-order chi connectivity index (χ1) is 10.4. The molecular weight excluding hydrogens is 298 g/mol. The Hall–Kier alpha value is -1.56. The van der Waals surface area contributed by atoms with E-state index >= 15 is 0 Å². The van der Waals surface area contributed by atoms with Crippen LogP contribution in [0.1, 0.15) is 39.5 Å². The monoisotopic (exact) mass is 325 g/mol. The average Bonchev–Trinajstić information content (AvgIpc) is 2.50. The maximum atomic E-state index is 12.0. The fourth-order valence-corrected chi connectivity index (χ4v) is 3.22. The van der Waals surface area contributed by atoms with Crippen molar-refractivity contribution in [2.24, 2.45) is 4.99 Å². The van der Waals surface area contributed by atoms with E-state index in [0.717, 1.165) is 30.8 Å². The topological polar surface area (TPSA) is 61.8 Å². The third kappa shape index (κ3) is 6.05. The van der Waals surface area contributed by atoms with Gasteiger partial charge in [0.05, 0.1) is 11.6 Å². The second kappa shape index (κ2) is 8.78. The minimum absolute atomic E-state index is 0.177. The highest BCUT2D eigenvalue weighted by Gasteiger charge is 2.10. The molecule has 0 aliphatic heterocycles. The molecule has 0 saturated carbocycles. The van der Waals surface area contributed by atoms with Crippen molar-refractivity contribution in [3.8, 4) is 0 Å². The maximum absolute atomic E-state index is 12.0. The van der Waals surface area contributed by atoms with E-state index in [1.54, 1.807) is 19.2 Å². The van der Waals surface area contributed by atoms with Crippen molar-refractivity contribution in [1.82, 2.24) is 0 Å². The zero-order valence-electron chi connectivity index (χ0n) is 14.0. The zero-order chi connectivity index (χ0) is 16.6. The summed E-state index contributed by atoms with van der Waals surface area (Å²) >= 11 is 0. The minimum Gasteiger partial charge on any atom is -0.334 e. The Morgan fingerprint density at radius 3 is 2.36 bits per heavy atom. The highest BCUT2D eigenvalue weighted by Crippen LogP contribution is 2.18. The molecule has 0 heterocycles. The second-order valence-electron chi connectivity index (χ2n) is 5.36. The molecule has 0 aromatic heterocycles. The first kappa shape index (κ1) is 18.5. The van der Waals surface area contributed by atoms with E-state index in [1.807, 2.05) is 31.0 Å². The molecule has 0 atom stereocenters. The highest BCUT2D eigenvalue weighted by molar-refractivity contribution is 7.92. The number of rotatable bonds is 8. The lowest BCUT2D eigenvalue weighted by Gasteiger charge is -2.18. The van der Waals surface area contributed by atoms with Gasteiger partial charge in [-0.25, -0.2) is 8.42 Å². The number of sulfonamides is 1. The van der Waals surface area contributed by atoms with Gasteiger partial charge in [0.2, 0.25) is 10.0 Å². The standard InChI is InChI=1S/C16H27N3O2S/c1-5-6-7-8-13-22(20,21)18-15-9-11-16(12-10-15)19(4)14(2)17-3/h9-12,18H,5-8,13H2,1-4H3. The Morgan fingerprint density at radius 2 is 1.82 bits per heavy atom. The summed E-state index contributed by atoms with van der Waals surface area (Å²) in [7, 11) is 0.412. The lowest BCUT2D eigenvalue weighted by molar-refractivity contribution is 0.594. The van der Waals surface area contributed by atoms with Gasteiger partial charge in [0, 0.05) is 25.5 Å². The van der Waals surface area contributed by atoms with Crippen LogP contribution in [0.25, 0.3) is 0 Å². The van der Waals surface area contributed by atoms with Gasteiger partial charge in [0.1, 0.15) is 0 Å². The van der Waals surface area contributed by atoms with Crippen molar-refractivity contribution in [2.75, 3.05) is 29.5 Å². The van der Waals surface area contributed by atoms with Crippen LogP contribution in [0.15, 0.2) is 29.3 Å². The van der Waals surface area contributed by atoms with Crippen LogP contribution in [0.3, 0.4) is 0 Å². The summed E-state index contributed by atoms with van der Waals surface area (Å²) in [6.07, 6.45) is 3.84. The van der Waals surface area contributed by atoms with Crippen LogP contribution in [0.2, 0.25) is 0 Å². The molecule has 0 aliphatic carbocycles. The SMILES string of the molecule is CCCCCCS(=O)(=O)Nc1ccc(N(C)C(C)=NC)cc1. The quantitative estimate of drug-likeness (QED) is 0.452. The molecule has 5 nitrogen and oxygen atoms in total. The van der Waals surface area contributed by atoms with Crippen molar-refractivity contribution in [1.29, 1.82) is 0 Å². The molecule has 0 aliphatic rings. The molecule has 0 amide bonds. The number of hydrogen-bond donors (Lipinski definition) is 1. The van der Waals surface area contributed by atoms with E-state index in [0.29, 0.717) is 12.1 Å². The summed E-state index contributed by atoms with van der Waals surface area (Å²) in [5.74, 6) is 1.07. The summed E-state index contributed by atoms with van der Waals surface area (Å²) in [6.45, 7) is 4.03. The predicted octanol–water partition coefficient (Wildman–Crippen LogP) is 3.49. The second-order valence-corrected chi connectivity index (χ2v) is 7.20. The first-order valence-electron chi connectivity index (χ1n) is 7.67. The maximum Gasteiger partial charge on any atom is 0.232 e. The summed E-state index contributed by atoms with van der Waals surface area (Å²) in [4.78, 5) is 6.07. The predicted molar refractivity (Wildman–Crippen MR) is 95.4 cm³/mol. The fourth-order valence-electron chi connectivity index (χ4n) is 2.04. The van der Waals surface area contributed by atoms with Crippen LogP contribution in [-0.4, -0.2) is 34.1 Å². The number of hydrogen-bond acceptors (Lipinski definition) is 3. The van der Waals surface area contributed by atoms with E-state index in [4.69, 9.17) is 0 Å². The highest BCUT2D eigenvalue weighted by atomic mass is 32.2. The smallest absolute Gasteiger partial charge is 0.232 e. The van der Waals surface area contributed by atoms with Crippen molar-refractivity contribution < 1.29 is 8.42 Å². The zero-order valence-corrected chi connectivity index (χ0v) is 14.8. The number of nitrogens with one attached hydrogen (secondary N) is 1. The summed E-state index contributed by atoms with van der Waals surface area (Å²) in [5, 5.41) is 0. The first-order valence-corrected chi connectivity index (χ1v) is 9.32. The molecule has 6 heteroatoms. The summed E-state index contributed by atoms with van der Waals surface area (Å²) < 4.78 is 26.6. The third-order valence-electron chi connectivity index (χ3n) is 3.60. The van der Waals surface area contributed by atoms with Crippen molar-refractivity contribution in [3.63, 3.8) is 0 Å². The average molecular weight is 325 g/mol. The molecule has 0 unspecified atom stereocenters. The Kier molecular flexibility index (Phi) is 7.38. The lowest BCUT2D eigenvalue weighted by Crippen LogP contribution is -2.23. The Balaban J connectivity index is 2.63. The largest absolute Gasteiger partial charge is 0.334 e. The van der Waals surface area contributed by atoms with Gasteiger partial charge in [0.15, 0.2) is 0 Å². The number of amidine groups is 1. The molecule has 1 aromatic carbocycles. The molecule has 0 radical (unpaired) electrons. The third-order valence-corrected chi connectivity index (χ3v) is 4.98. The number of aliphatic imine (C=N–C) groups is 1. The van der Waals surface area contributed by atoms with Gasteiger partial charge in [-0.05, 0) is 37.6 Å². The molecule has 22 heavy (non-hydrogen) atoms. The van der Waals surface area contributed by atoms with Crippen LogP contribution >= 0.6 is 0 Å². The van der Waals surface area contributed by atoms with E-state index in [-0.39, 0.29) is 5.75 Å². The minimum atomic E-state index is -3.26. The number of benzene rings is 1. The normalized spacial score (nSPS) is 12.3. The van der Waals surface area contributed by atoms with E-state index in [1.165, 1.54) is 0 Å². The Bertz CT molecular complexity index is 580. The Morgan fingerprint density at radius 1 is 1.18 bits per heavy atom. The van der Waals surface area contributed by atoms with Crippen LogP contribution < -0.4 is 9.62 Å². The number of nitrogens with zero attached hydrogens (tertiary/aromatic N) is 2. The number of unbranched alkanes of at least 4 members (excludes halogenated alkanes) is 3. The van der Waals surface area contributed by atoms with E-state index < -0.39 is 10.0 Å². The Labute approximate surface area is 134 Å². The van der Waals surface area contributed by atoms with Gasteiger partial charge in [-0.3, -0.25) is 9.71 Å². The molecule has 1 N–H and O–H groups in total. The summed E-state index contributed by atoms with van der Waals surface area (Å²) in [5.41, 5.74) is 1.56. The van der Waals surface area contributed by atoms with Crippen LogP contribution in [-0.2, 0) is 10.0 Å². The molecule has 0 bridgehead atoms. The molecule has 0 spiro atoms. The van der Waals surface area contributed by atoms with Crippen molar-refractivity contribution in [2.45, 2.75) is 39.5 Å². The molecular formula is C16H27N3O2S.